The maximum absolute atomic E-state index is 6.35. The van der Waals surface area contributed by atoms with E-state index >= 15 is 0 Å². The molecule has 5 aromatic rings. The number of benzene rings is 2. The molecule has 0 saturated heterocycles. The molecule has 1 saturated carbocycles. The van der Waals surface area contributed by atoms with Crippen molar-refractivity contribution in [1.29, 1.82) is 0 Å². The van der Waals surface area contributed by atoms with Crippen molar-refractivity contribution in [2.75, 3.05) is 0 Å². The van der Waals surface area contributed by atoms with Crippen LogP contribution >= 0.6 is 0 Å². The minimum atomic E-state index is 0.501. The summed E-state index contributed by atoms with van der Waals surface area (Å²) >= 11 is 0. The van der Waals surface area contributed by atoms with Crippen molar-refractivity contribution in [2.45, 2.75) is 52.4 Å². The van der Waals surface area contributed by atoms with E-state index in [9.17, 15) is 0 Å². The van der Waals surface area contributed by atoms with E-state index < -0.39 is 0 Å². The Hall–Kier alpha value is -3.20. The third-order valence-electron chi connectivity index (χ3n) is 6.51. The van der Waals surface area contributed by atoms with E-state index in [1.807, 2.05) is 13.0 Å². The van der Waals surface area contributed by atoms with Crippen molar-refractivity contribution in [3.63, 3.8) is 0 Å². The maximum Gasteiger partial charge on any atom is 0.227 e. The van der Waals surface area contributed by atoms with Gasteiger partial charge < -0.3 is 4.42 Å². The SMILES string of the molecule is Cc1cc(-c2nc(C3CC3)cc3cc(C(C)C)ccc23)c2oc3nc(C)ccc3c2c1. The van der Waals surface area contributed by atoms with Crippen LogP contribution in [0, 0.1) is 13.8 Å². The van der Waals surface area contributed by atoms with Gasteiger partial charge in [0.05, 0.1) is 5.69 Å². The van der Waals surface area contributed by atoms with E-state index in [2.05, 4.69) is 68.2 Å². The van der Waals surface area contributed by atoms with Gasteiger partial charge in [0.25, 0.3) is 0 Å². The predicted molar refractivity (Wildman–Crippen MR) is 128 cm³/mol. The molecule has 1 aliphatic rings. The molecule has 1 fully saturated rings. The molecule has 0 amide bonds. The van der Waals surface area contributed by atoms with Crippen molar-refractivity contribution in [2.24, 2.45) is 0 Å². The molecule has 3 heterocycles. The third kappa shape index (κ3) is 3.03. The topological polar surface area (TPSA) is 38.9 Å². The first-order valence-electron chi connectivity index (χ1n) is 11.2. The molecule has 154 valence electrons. The lowest BCUT2D eigenvalue weighted by atomic mass is 9.95. The van der Waals surface area contributed by atoms with Crippen molar-refractivity contribution in [3.8, 4) is 11.3 Å². The number of rotatable bonds is 3. The van der Waals surface area contributed by atoms with Crippen LogP contribution in [0.5, 0.6) is 0 Å². The van der Waals surface area contributed by atoms with Gasteiger partial charge in [-0.15, -0.1) is 0 Å². The Kier molecular flexibility index (Phi) is 3.98. The lowest BCUT2D eigenvalue weighted by molar-refractivity contribution is 0.653. The molecule has 3 nitrogen and oxygen atoms in total. The first-order valence-corrected chi connectivity index (χ1v) is 11.2. The van der Waals surface area contributed by atoms with E-state index in [1.165, 1.54) is 40.4 Å². The highest BCUT2D eigenvalue weighted by atomic mass is 16.3. The molecule has 0 atom stereocenters. The van der Waals surface area contributed by atoms with Gasteiger partial charge in [-0.2, -0.15) is 0 Å². The Bertz CT molecular complexity index is 1480. The first kappa shape index (κ1) is 18.6. The summed E-state index contributed by atoms with van der Waals surface area (Å²) in [6.45, 7) is 8.64. The van der Waals surface area contributed by atoms with Crippen LogP contribution in [-0.2, 0) is 0 Å². The Balaban J connectivity index is 1.70. The Morgan fingerprint density at radius 2 is 1.68 bits per heavy atom. The quantitative estimate of drug-likeness (QED) is 0.307. The summed E-state index contributed by atoms with van der Waals surface area (Å²) in [5, 5.41) is 4.64. The molecular formula is C28H26N2O. The van der Waals surface area contributed by atoms with Gasteiger partial charge in [-0.25, -0.2) is 4.98 Å². The number of furan rings is 1. The zero-order valence-corrected chi connectivity index (χ0v) is 18.5. The molecule has 3 heteroatoms. The largest absolute Gasteiger partial charge is 0.437 e. The minimum absolute atomic E-state index is 0.501. The van der Waals surface area contributed by atoms with E-state index in [0.717, 1.165) is 33.3 Å². The highest BCUT2D eigenvalue weighted by molar-refractivity contribution is 6.11. The number of pyridine rings is 2. The second-order valence-electron chi connectivity index (χ2n) is 9.40. The summed E-state index contributed by atoms with van der Waals surface area (Å²) in [4.78, 5) is 9.85. The number of nitrogens with zero attached hydrogens (tertiary/aromatic N) is 2. The highest BCUT2D eigenvalue weighted by Crippen LogP contribution is 2.43. The summed E-state index contributed by atoms with van der Waals surface area (Å²) < 4.78 is 6.35. The van der Waals surface area contributed by atoms with Gasteiger partial charge in [-0.3, -0.25) is 4.98 Å². The minimum Gasteiger partial charge on any atom is -0.437 e. The van der Waals surface area contributed by atoms with Gasteiger partial charge in [0, 0.05) is 39.0 Å². The van der Waals surface area contributed by atoms with Crippen LogP contribution in [0.3, 0.4) is 0 Å². The third-order valence-corrected chi connectivity index (χ3v) is 6.51. The van der Waals surface area contributed by atoms with E-state index in [4.69, 9.17) is 9.40 Å². The molecule has 0 N–H and O–H groups in total. The summed E-state index contributed by atoms with van der Waals surface area (Å²) in [5.41, 5.74) is 8.42. The monoisotopic (exact) mass is 406 g/mol. The van der Waals surface area contributed by atoms with Crippen molar-refractivity contribution in [3.05, 3.63) is 71.0 Å². The number of hydrogen-bond donors (Lipinski definition) is 0. The molecule has 0 aliphatic heterocycles. The molecule has 31 heavy (non-hydrogen) atoms. The number of aryl methyl sites for hydroxylation is 2. The number of hydrogen-bond acceptors (Lipinski definition) is 3. The lowest BCUT2D eigenvalue weighted by Crippen LogP contribution is -1.95. The summed E-state index contributed by atoms with van der Waals surface area (Å²) in [7, 11) is 0. The average molecular weight is 407 g/mol. The fourth-order valence-electron chi connectivity index (χ4n) is 4.62. The van der Waals surface area contributed by atoms with Crippen LogP contribution < -0.4 is 0 Å². The van der Waals surface area contributed by atoms with Crippen molar-refractivity contribution in [1.82, 2.24) is 9.97 Å². The van der Waals surface area contributed by atoms with Crippen LogP contribution in [-0.4, -0.2) is 9.97 Å². The average Bonchev–Trinajstić information content (AvgIpc) is 3.54. The molecule has 6 rings (SSSR count). The smallest absolute Gasteiger partial charge is 0.227 e. The van der Waals surface area contributed by atoms with Crippen LogP contribution in [0.15, 0.2) is 52.9 Å². The summed E-state index contributed by atoms with van der Waals surface area (Å²) in [6, 6.07) is 17.7. The van der Waals surface area contributed by atoms with Crippen molar-refractivity contribution >= 4 is 32.8 Å². The first-order chi connectivity index (χ1) is 15.0. The van der Waals surface area contributed by atoms with Gasteiger partial charge in [-0.05, 0) is 79.5 Å². The molecule has 0 unspecified atom stereocenters. The fourth-order valence-corrected chi connectivity index (χ4v) is 4.62. The number of fused-ring (bicyclic) bond motifs is 4. The molecule has 2 aromatic carbocycles. The lowest BCUT2D eigenvalue weighted by Gasteiger charge is -2.13. The summed E-state index contributed by atoms with van der Waals surface area (Å²) in [5.74, 6) is 1.09. The van der Waals surface area contributed by atoms with Crippen LogP contribution in [0.2, 0.25) is 0 Å². The van der Waals surface area contributed by atoms with Gasteiger partial charge >= 0.3 is 0 Å². The van der Waals surface area contributed by atoms with Crippen LogP contribution in [0.1, 0.15) is 61.0 Å². The van der Waals surface area contributed by atoms with E-state index in [0.29, 0.717) is 17.5 Å². The summed E-state index contributed by atoms with van der Waals surface area (Å²) in [6.07, 6.45) is 2.47. The van der Waals surface area contributed by atoms with Crippen LogP contribution in [0.25, 0.3) is 44.1 Å². The second-order valence-corrected chi connectivity index (χ2v) is 9.40. The molecule has 0 spiro atoms. The molecule has 1 aliphatic carbocycles. The molecule has 0 radical (unpaired) electrons. The molecule has 0 bridgehead atoms. The van der Waals surface area contributed by atoms with Crippen LogP contribution in [0.4, 0.5) is 0 Å². The van der Waals surface area contributed by atoms with E-state index in [-0.39, 0.29) is 0 Å². The Morgan fingerprint density at radius 3 is 2.45 bits per heavy atom. The highest BCUT2D eigenvalue weighted by Gasteiger charge is 2.27. The van der Waals surface area contributed by atoms with E-state index in [1.54, 1.807) is 0 Å². The van der Waals surface area contributed by atoms with Gasteiger partial charge in [0.15, 0.2) is 0 Å². The van der Waals surface area contributed by atoms with Gasteiger partial charge in [-0.1, -0.05) is 32.0 Å². The maximum atomic E-state index is 6.35. The molecule has 3 aromatic heterocycles. The normalized spacial score (nSPS) is 14.4. The standard InChI is InChI=1S/C28H26N2O/c1-15(2)19-8-10-21-20(13-19)14-25(18-6-7-18)30-26(21)24-12-16(3)11-23-22-9-5-17(4)29-28(22)31-27(23)24/h5,8-15,18H,6-7H2,1-4H3. The Labute approximate surface area is 182 Å². The molecular weight excluding hydrogens is 380 g/mol. The van der Waals surface area contributed by atoms with Crippen molar-refractivity contribution < 1.29 is 4.42 Å². The number of aromatic nitrogens is 2. The Morgan fingerprint density at radius 1 is 0.871 bits per heavy atom. The van der Waals surface area contributed by atoms with Gasteiger partial charge in [0.1, 0.15) is 5.58 Å². The zero-order chi connectivity index (χ0) is 21.3. The second kappa shape index (κ2) is 6.65. The fraction of sp³-hybridized carbons (Fsp3) is 0.286. The zero-order valence-electron chi connectivity index (χ0n) is 18.5. The predicted octanol–water partition coefficient (Wildman–Crippen LogP) is 7.81. The van der Waals surface area contributed by atoms with Gasteiger partial charge in [0.2, 0.25) is 5.71 Å².